The van der Waals surface area contributed by atoms with Crippen LogP contribution in [0.1, 0.15) is 0 Å². The molecule has 0 aliphatic heterocycles. The van der Waals surface area contributed by atoms with E-state index in [0.717, 1.165) is 13.1 Å². The predicted octanol–water partition coefficient (Wildman–Crippen LogP) is 2.48. The summed E-state index contributed by atoms with van der Waals surface area (Å²) in [6, 6.07) is 1.91. The molecule has 3 aromatic rings. The lowest BCUT2D eigenvalue weighted by molar-refractivity contribution is 1.17. The van der Waals surface area contributed by atoms with Crippen molar-refractivity contribution in [1.29, 1.82) is 0 Å². The summed E-state index contributed by atoms with van der Waals surface area (Å²) in [4.78, 5) is 26.1. The number of aromatic amines is 2. The van der Waals surface area contributed by atoms with E-state index in [1.165, 1.54) is 11.3 Å². The molecule has 6 nitrogen and oxygen atoms in total. The van der Waals surface area contributed by atoms with Gasteiger partial charge in [-0.05, 0) is 37.9 Å². The Balaban J connectivity index is 2.25. The van der Waals surface area contributed by atoms with Gasteiger partial charge in [-0.2, -0.15) is 4.98 Å². The molecule has 0 saturated heterocycles. The molecular weight excluding hydrogens is 386 g/mol. The van der Waals surface area contributed by atoms with Gasteiger partial charge in [0.05, 0.1) is 8.66 Å². The van der Waals surface area contributed by atoms with E-state index in [4.69, 9.17) is 5.73 Å². The van der Waals surface area contributed by atoms with Crippen LogP contribution in [0.15, 0.2) is 19.1 Å². The van der Waals surface area contributed by atoms with Gasteiger partial charge in [-0.15, -0.1) is 11.3 Å². The molecule has 3 rings (SSSR count). The van der Waals surface area contributed by atoms with Crippen LogP contribution in [0.3, 0.4) is 0 Å². The molecule has 92 valence electrons. The van der Waals surface area contributed by atoms with Gasteiger partial charge in [-0.3, -0.25) is 9.78 Å². The highest BCUT2D eigenvalue weighted by molar-refractivity contribution is 9.13. The van der Waals surface area contributed by atoms with Gasteiger partial charge in [0.1, 0.15) is 0 Å². The summed E-state index contributed by atoms with van der Waals surface area (Å²) in [5.41, 5.74) is 5.77. The normalized spacial score (nSPS) is 11.2. The lowest BCUT2D eigenvalue weighted by Crippen LogP contribution is -2.10. The Morgan fingerprint density at radius 2 is 2.06 bits per heavy atom. The Hall–Kier alpha value is -1.19. The maximum Gasteiger partial charge on any atom is 0.278 e. The number of rotatable bonds is 1. The maximum absolute atomic E-state index is 11.7. The molecule has 0 aromatic carbocycles. The third-order valence-corrected chi connectivity index (χ3v) is 5.52. The fourth-order valence-corrected chi connectivity index (χ4v) is 3.48. The monoisotopic (exact) mass is 389 g/mol. The van der Waals surface area contributed by atoms with Gasteiger partial charge >= 0.3 is 0 Å². The SMILES string of the molecule is Nc1nc2nc(-c3cc(Br)c(Br)s3)[nH]c2c(=O)[nH]1. The Kier molecular flexibility index (Phi) is 2.76. The van der Waals surface area contributed by atoms with Crippen molar-refractivity contribution in [1.82, 2.24) is 19.9 Å². The summed E-state index contributed by atoms with van der Waals surface area (Å²) in [7, 11) is 0. The molecule has 0 amide bonds. The number of anilines is 1. The van der Waals surface area contributed by atoms with E-state index in [-0.39, 0.29) is 11.5 Å². The van der Waals surface area contributed by atoms with E-state index >= 15 is 0 Å². The number of hydrogen-bond donors (Lipinski definition) is 3. The van der Waals surface area contributed by atoms with E-state index in [0.29, 0.717) is 17.0 Å². The number of nitrogens with one attached hydrogen (secondary N) is 2. The van der Waals surface area contributed by atoms with Crippen molar-refractivity contribution in [2.24, 2.45) is 0 Å². The summed E-state index contributed by atoms with van der Waals surface area (Å²) in [5.74, 6) is 0.643. The first kappa shape index (κ1) is 11.9. The van der Waals surface area contributed by atoms with Gasteiger partial charge in [0.15, 0.2) is 17.0 Å². The number of H-pyrrole nitrogens is 2. The molecule has 18 heavy (non-hydrogen) atoms. The Bertz CT molecular complexity index is 785. The molecule has 0 aliphatic rings. The summed E-state index contributed by atoms with van der Waals surface area (Å²) in [6.45, 7) is 0. The minimum Gasteiger partial charge on any atom is -0.369 e. The average molecular weight is 391 g/mol. The Labute approximate surface area is 121 Å². The molecule has 0 saturated carbocycles. The standard InChI is InChI=1S/C9H5Br2N5OS/c10-2-1-3(18-5(2)11)6-13-4-7(14-6)15-9(12)16-8(4)17/h1H,(H4,12,13,14,15,16,17). The highest BCUT2D eigenvalue weighted by Gasteiger charge is 2.13. The lowest BCUT2D eigenvalue weighted by Gasteiger charge is -1.89. The number of hydrogen-bond acceptors (Lipinski definition) is 5. The predicted molar refractivity (Wildman–Crippen MR) is 77.6 cm³/mol. The largest absolute Gasteiger partial charge is 0.369 e. The smallest absolute Gasteiger partial charge is 0.278 e. The second-order valence-electron chi connectivity index (χ2n) is 3.47. The van der Waals surface area contributed by atoms with Crippen LogP contribution in [-0.4, -0.2) is 19.9 Å². The first-order chi connectivity index (χ1) is 8.54. The maximum atomic E-state index is 11.7. The summed E-state index contributed by atoms with van der Waals surface area (Å²) >= 11 is 8.31. The number of thiophene rings is 1. The second-order valence-corrected chi connectivity index (χ2v) is 6.69. The van der Waals surface area contributed by atoms with Crippen LogP contribution < -0.4 is 11.3 Å². The van der Waals surface area contributed by atoms with E-state index in [9.17, 15) is 4.79 Å². The van der Waals surface area contributed by atoms with Crippen molar-refractivity contribution < 1.29 is 0 Å². The summed E-state index contributed by atoms with van der Waals surface area (Å²) in [6.07, 6.45) is 0. The highest BCUT2D eigenvalue weighted by atomic mass is 79.9. The lowest BCUT2D eigenvalue weighted by atomic mass is 10.4. The number of fused-ring (bicyclic) bond motifs is 1. The van der Waals surface area contributed by atoms with Crippen molar-refractivity contribution >= 4 is 60.3 Å². The third-order valence-electron chi connectivity index (χ3n) is 2.26. The van der Waals surface area contributed by atoms with Gasteiger partial charge in [-0.1, -0.05) is 0 Å². The molecule has 0 radical (unpaired) electrons. The quantitative estimate of drug-likeness (QED) is 0.594. The first-order valence-corrected chi connectivity index (χ1v) is 7.15. The molecule has 0 bridgehead atoms. The topological polar surface area (TPSA) is 100 Å². The van der Waals surface area contributed by atoms with Crippen LogP contribution in [0.5, 0.6) is 0 Å². The fraction of sp³-hybridized carbons (Fsp3) is 0. The van der Waals surface area contributed by atoms with E-state index in [2.05, 4.69) is 51.8 Å². The zero-order chi connectivity index (χ0) is 12.9. The van der Waals surface area contributed by atoms with Crippen LogP contribution >= 0.6 is 43.2 Å². The molecule has 0 unspecified atom stereocenters. The highest BCUT2D eigenvalue weighted by Crippen LogP contribution is 2.37. The first-order valence-electron chi connectivity index (χ1n) is 4.75. The van der Waals surface area contributed by atoms with E-state index in [1.807, 2.05) is 6.07 Å². The molecule has 9 heteroatoms. The number of nitrogens with zero attached hydrogens (tertiary/aromatic N) is 2. The van der Waals surface area contributed by atoms with Crippen molar-refractivity contribution in [2.75, 3.05) is 5.73 Å². The molecule has 0 aliphatic carbocycles. The number of nitrogen functional groups attached to an aromatic ring is 1. The molecule has 4 N–H and O–H groups in total. The zero-order valence-electron chi connectivity index (χ0n) is 8.62. The number of nitrogens with two attached hydrogens (primary N) is 1. The van der Waals surface area contributed by atoms with Crippen molar-refractivity contribution in [2.45, 2.75) is 0 Å². The van der Waals surface area contributed by atoms with Gasteiger partial charge in [0.2, 0.25) is 5.95 Å². The van der Waals surface area contributed by atoms with E-state index < -0.39 is 0 Å². The van der Waals surface area contributed by atoms with Gasteiger partial charge in [0, 0.05) is 4.47 Å². The zero-order valence-corrected chi connectivity index (χ0v) is 12.6. The molecule has 0 atom stereocenters. The Morgan fingerprint density at radius 3 is 2.72 bits per heavy atom. The minimum atomic E-state index is -0.328. The molecule has 3 aromatic heterocycles. The van der Waals surface area contributed by atoms with Crippen molar-refractivity contribution in [3.8, 4) is 10.7 Å². The van der Waals surface area contributed by atoms with Crippen molar-refractivity contribution in [3.63, 3.8) is 0 Å². The van der Waals surface area contributed by atoms with Crippen LogP contribution in [0, 0.1) is 0 Å². The van der Waals surface area contributed by atoms with Gasteiger partial charge < -0.3 is 10.7 Å². The summed E-state index contributed by atoms with van der Waals surface area (Å²) < 4.78 is 1.89. The van der Waals surface area contributed by atoms with Crippen LogP contribution in [0.25, 0.3) is 21.9 Å². The fourth-order valence-electron chi connectivity index (χ4n) is 1.50. The number of imidazole rings is 1. The average Bonchev–Trinajstić information content (AvgIpc) is 2.84. The molecular formula is C9H5Br2N5OS. The third kappa shape index (κ3) is 1.88. The van der Waals surface area contributed by atoms with Crippen LogP contribution in [0.2, 0.25) is 0 Å². The van der Waals surface area contributed by atoms with E-state index in [1.54, 1.807) is 0 Å². The summed E-state index contributed by atoms with van der Waals surface area (Å²) in [5, 5.41) is 0. The van der Waals surface area contributed by atoms with Crippen molar-refractivity contribution in [3.05, 3.63) is 24.7 Å². The van der Waals surface area contributed by atoms with Crippen LogP contribution in [0.4, 0.5) is 5.95 Å². The minimum absolute atomic E-state index is 0.0547. The van der Waals surface area contributed by atoms with Gasteiger partial charge in [0.25, 0.3) is 5.56 Å². The number of halogens is 2. The number of aromatic nitrogens is 4. The van der Waals surface area contributed by atoms with Crippen LogP contribution in [-0.2, 0) is 0 Å². The Morgan fingerprint density at radius 1 is 1.28 bits per heavy atom. The van der Waals surface area contributed by atoms with Gasteiger partial charge in [-0.25, -0.2) is 4.98 Å². The second kappa shape index (κ2) is 4.18. The molecule has 0 spiro atoms. The molecule has 3 heterocycles. The molecule has 0 fully saturated rings.